The Hall–Kier alpha value is -2.82. The largest absolute Gasteiger partial charge is 0.366 e. The van der Waals surface area contributed by atoms with Crippen LogP contribution in [0.1, 0.15) is 15.9 Å². The highest BCUT2D eigenvalue weighted by atomic mass is 19.1. The van der Waals surface area contributed by atoms with E-state index in [1.165, 1.54) is 0 Å². The van der Waals surface area contributed by atoms with Gasteiger partial charge in [0.05, 0.1) is 22.3 Å². The average Bonchev–Trinajstić information content (AvgIpc) is 2.46. The predicted octanol–water partition coefficient (Wildman–Crippen LogP) is 2.84. The van der Waals surface area contributed by atoms with E-state index < -0.39 is 11.9 Å². The number of halogens is 1. The van der Waals surface area contributed by atoms with Crippen molar-refractivity contribution < 1.29 is 9.18 Å². The molecule has 0 unspecified atom stereocenters. The molecule has 0 bridgehead atoms. The number of hydrogen-bond donors (Lipinski definition) is 1. The molecule has 0 aliphatic rings. The van der Waals surface area contributed by atoms with Crippen LogP contribution in [0.2, 0.25) is 0 Å². The van der Waals surface area contributed by atoms with Gasteiger partial charge >= 0.3 is 0 Å². The first-order chi connectivity index (χ1) is 10.1. The number of aromatic nitrogens is 2. The third-order valence-corrected chi connectivity index (χ3v) is 3.34. The Morgan fingerprint density at radius 2 is 1.95 bits per heavy atom. The molecule has 2 N–H and O–H groups in total. The Labute approximate surface area is 120 Å². The van der Waals surface area contributed by atoms with Gasteiger partial charge in [-0.05, 0) is 24.6 Å². The van der Waals surface area contributed by atoms with E-state index in [1.807, 2.05) is 0 Å². The van der Waals surface area contributed by atoms with Crippen LogP contribution in [0.3, 0.4) is 0 Å². The molecular weight excluding hydrogens is 269 g/mol. The molecule has 0 aliphatic carbocycles. The molecule has 0 saturated heterocycles. The number of aryl methyl sites for hydroxylation is 1. The number of primary amides is 1. The predicted molar refractivity (Wildman–Crippen MR) is 78.2 cm³/mol. The van der Waals surface area contributed by atoms with Gasteiger partial charge in [-0.2, -0.15) is 4.39 Å². The van der Waals surface area contributed by atoms with Crippen LogP contribution >= 0.6 is 0 Å². The van der Waals surface area contributed by atoms with Crippen LogP contribution in [-0.4, -0.2) is 15.9 Å². The van der Waals surface area contributed by atoms with E-state index in [0.717, 1.165) is 5.56 Å². The lowest BCUT2D eigenvalue weighted by atomic mass is 9.98. The highest BCUT2D eigenvalue weighted by Crippen LogP contribution is 2.31. The molecule has 2 aromatic heterocycles. The third-order valence-electron chi connectivity index (χ3n) is 3.34. The zero-order valence-corrected chi connectivity index (χ0v) is 11.3. The van der Waals surface area contributed by atoms with Crippen molar-refractivity contribution in [2.75, 3.05) is 0 Å². The number of nitrogens with zero attached hydrogens (tertiary/aromatic N) is 2. The minimum absolute atomic E-state index is 0.0549. The fourth-order valence-corrected chi connectivity index (χ4v) is 2.40. The van der Waals surface area contributed by atoms with Crippen molar-refractivity contribution >= 4 is 16.8 Å². The van der Waals surface area contributed by atoms with E-state index in [-0.39, 0.29) is 11.1 Å². The SMILES string of the molecule is Cc1cccnc1-c1c(F)nc2ccccc2c1C(N)=O. The molecule has 0 fully saturated rings. The second-order valence-electron chi connectivity index (χ2n) is 4.70. The first kappa shape index (κ1) is 13.2. The fraction of sp³-hybridized carbons (Fsp3) is 0.0625. The number of carbonyl (C=O) groups is 1. The van der Waals surface area contributed by atoms with E-state index in [4.69, 9.17) is 5.73 Å². The summed E-state index contributed by atoms with van der Waals surface area (Å²) in [6.07, 6.45) is 1.54. The molecule has 0 aliphatic heterocycles. The Morgan fingerprint density at radius 3 is 2.67 bits per heavy atom. The van der Waals surface area contributed by atoms with E-state index in [2.05, 4.69) is 9.97 Å². The van der Waals surface area contributed by atoms with E-state index in [9.17, 15) is 9.18 Å². The van der Waals surface area contributed by atoms with Crippen LogP contribution in [0.15, 0.2) is 42.6 Å². The Morgan fingerprint density at radius 1 is 1.19 bits per heavy atom. The van der Waals surface area contributed by atoms with Crippen molar-refractivity contribution in [3.63, 3.8) is 0 Å². The van der Waals surface area contributed by atoms with Gasteiger partial charge in [-0.25, -0.2) is 4.98 Å². The van der Waals surface area contributed by atoms with Gasteiger partial charge in [0.25, 0.3) is 0 Å². The lowest BCUT2D eigenvalue weighted by Gasteiger charge is -2.12. The molecular formula is C16H12FN3O. The van der Waals surface area contributed by atoms with Gasteiger partial charge in [0.1, 0.15) is 0 Å². The standard InChI is InChI=1S/C16H12FN3O/c1-9-5-4-8-19-14(9)13-12(16(18)21)10-6-2-3-7-11(10)20-15(13)17/h2-8H,1H3,(H2,18,21). The molecule has 2 heterocycles. The first-order valence-electron chi connectivity index (χ1n) is 6.39. The minimum Gasteiger partial charge on any atom is -0.366 e. The van der Waals surface area contributed by atoms with Crippen molar-refractivity contribution in [1.29, 1.82) is 0 Å². The number of para-hydroxylation sites is 1. The summed E-state index contributed by atoms with van der Waals surface area (Å²) in [4.78, 5) is 20.0. The number of pyridine rings is 2. The summed E-state index contributed by atoms with van der Waals surface area (Å²) in [5, 5.41) is 0.520. The van der Waals surface area contributed by atoms with Crippen LogP contribution in [0.4, 0.5) is 4.39 Å². The molecule has 0 atom stereocenters. The average molecular weight is 281 g/mol. The summed E-state index contributed by atoms with van der Waals surface area (Å²) >= 11 is 0. The molecule has 104 valence electrons. The molecule has 21 heavy (non-hydrogen) atoms. The Balaban J connectivity index is 2.48. The maximum atomic E-state index is 14.4. The molecule has 1 aromatic carbocycles. The summed E-state index contributed by atoms with van der Waals surface area (Å²) in [7, 11) is 0. The van der Waals surface area contributed by atoms with Crippen LogP contribution in [0.25, 0.3) is 22.2 Å². The van der Waals surface area contributed by atoms with Crippen molar-refractivity contribution in [3.8, 4) is 11.3 Å². The van der Waals surface area contributed by atoms with Crippen LogP contribution in [-0.2, 0) is 0 Å². The summed E-state index contributed by atoms with van der Waals surface area (Å²) in [6, 6.07) is 10.4. The number of carbonyl (C=O) groups excluding carboxylic acids is 1. The van der Waals surface area contributed by atoms with E-state index in [0.29, 0.717) is 16.6 Å². The maximum absolute atomic E-state index is 14.4. The molecule has 4 nitrogen and oxygen atoms in total. The zero-order chi connectivity index (χ0) is 15.0. The topological polar surface area (TPSA) is 68.9 Å². The second-order valence-corrected chi connectivity index (χ2v) is 4.70. The zero-order valence-electron chi connectivity index (χ0n) is 11.3. The van der Waals surface area contributed by atoms with Crippen LogP contribution < -0.4 is 5.73 Å². The summed E-state index contributed by atoms with van der Waals surface area (Å²) < 4.78 is 14.4. The van der Waals surface area contributed by atoms with E-state index in [1.54, 1.807) is 49.5 Å². The minimum atomic E-state index is -0.746. The molecule has 0 spiro atoms. The summed E-state index contributed by atoms with van der Waals surface area (Å²) in [5.41, 5.74) is 7.15. The molecule has 0 radical (unpaired) electrons. The molecule has 0 saturated carbocycles. The smallest absolute Gasteiger partial charge is 0.250 e. The van der Waals surface area contributed by atoms with Gasteiger partial charge in [0, 0.05) is 11.6 Å². The van der Waals surface area contributed by atoms with Crippen molar-refractivity contribution in [3.05, 3.63) is 59.7 Å². The molecule has 3 rings (SSSR count). The lowest BCUT2D eigenvalue weighted by Crippen LogP contribution is -2.15. The summed E-state index contributed by atoms with van der Waals surface area (Å²) in [6.45, 7) is 1.79. The molecule has 3 aromatic rings. The maximum Gasteiger partial charge on any atom is 0.250 e. The fourth-order valence-electron chi connectivity index (χ4n) is 2.40. The monoisotopic (exact) mass is 281 g/mol. The number of rotatable bonds is 2. The highest BCUT2D eigenvalue weighted by molar-refractivity contribution is 6.10. The van der Waals surface area contributed by atoms with Gasteiger partial charge in [-0.15, -0.1) is 0 Å². The third kappa shape index (κ3) is 2.12. The number of amides is 1. The molecule has 1 amide bonds. The number of fused-ring (bicyclic) bond motifs is 1. The number of benzene rings is 1. The second kappa shape index (κ2) is 4.94. The van der Waals surface area contributed by atoms with Gasteiger partial charge in [0.15, 0.2) is 0 Å². The number of hydrogen-bond acceptors (Lipinski definition) is 3. The van der Waals surface area contributed by atoms with Crippen molar-refractivity contribution in [1.82, 2.24) is 9.97 Å². The number of nitrogens with two attached hydrogens (primary N) is 1. The summed E-state index contributed by atoms with van der Waals surface area (Å²) in [5.74, 6) is -1.45. The van der Waals surface area contributed by atoms with Crippen molar-refractivity contribution in [2.45, 2.75) is 6.92 Å². The Bertz CT molecular complexity index is 861. The molecule has 5 heteroatoms. The van der Waals surface area contributed by atoms with Gasteiger partial charge in [0.2, 0.25) is 11.9 Å². The van der Waals surface area contributed by atoms with Crippen LogP contribution in [0, 0.1) is 12.9 Å². The lowest BCUT2D eigenvalue weighted by molar-refractivity contribution is 0.100. The van der Waals surface area contributed by atoms with Crippen LogP contribution in [0.5, 0.6) is 0 Å². The first-order valence-corrected chi connectivity index (χ1v) is 6.39. The van der Waals surface area contributed by atoms with Gasteiger partial charge < -0.3 is 5.73 Å². The highest BCUT2D eigenvalue weighted by Gasteiger charge is 2.22. The van der Waals surface area contributed by atoms with Gasteiger partial charge in [-0.1, -0.05) is 24.3 Å². The quantitative estimate of drug-likeness (QED) is 0.734. The van der Waals surface area contributed by atoms with Crippen molar-refractivity contribution in [2.24, 2.45) is 5.73 Å². The normalized spacial score (nSPS) is 10.8. The Kier molecular flexibility index (Phi) is 3.10. The van der Waals surface area contributed by atoms with Gasteiger partial charge in [-0.3, -0.25) is 9.78 Å². The van der Waals surface area contributed by atoms with E-state index >= 15 is 0 Å².